The molecule has 0 fully saturated rings. The molecule has 0 spiro atoms. The molecule has 0 radical (unpaired) electrons. The van der Waals surface area contributed by atoms with Crippen LogP contribution in [0.2, 0.25) is 0 Å². The van der Waals surface area contributed by atoms with Crippen molar-refractivity contribution in [3.05, 3.63) is 42.5 Å². The lowest BCUT2D eigenvalue weighted by atomic mass is 10.1. The lowest BCUT2D eigenvalue weighted by Gasteiger charge is -2.22. The SMILES string of the molecule is C=CCN(CCO)c1ccc([C@H](C)O)cc1. The third-order valence-corrected chi connectivity index (χ3v) is 2.46. The summed E-state index contributed by atoms with van der Waals surface area (Å²) in [4.78, 5) is 2.03. The van der Waals surface area contributed by atoms with Gasteiger partial charge in [0.25, 0.3) is 0 Å². The number of aliphatic hydroxyl groups is 2. The van der Waals surface area contributed by atoms with Gasteiger partial charge in [-0.05, 0) is 24.6 Å². The van der Waals surface area contributed by atoms with Crippen molar-refractivity contribution < 1.29 is 10.2 Å². The summed E-state index contributed by atoms with van der Waals surface area (Å²) in [6.45, 7) is 6.83. The first-order chi connectivity index (χ1) is 7.69. The number of anilines is 1. The highest BCUT2D eigenvalue weighted by Gasteiger charge is 2.05. The topological polar surface area (TPSA) is 43.7 Å². The fourth-order valence-corrected chi connectivity index (χ4v) is 1.57. The molecule has 0 saturated carbocycles. The maximum Gasteiger partial charge on any atom is 0.0761 e. The Kier molecular flexibility index (Phi) is 5.02. The maximum absolute atomic E-state index is 9.39. The van der Waals surface area contributed by atoms with Crippen LogP contribution in [-0.2, 0) is 0 Å². The van der Waals surface area contributed by atoms with E-state index in [9.17, 15) is 5.11 Å². The minimum absolute atomic E-state index is 0.117. The van der Waals surface area contributed by atoms with Gasteiger partial charge in [-0.3, -0.25) is 0 Å². The molecule has 3 heteroatoms. The summed E-state index contributed by atoms with van der Waals surface area (Å²) >= 11 is 0. The number of benzene rings is 1. The fraction of sp³-hybridized carbons (Fsp3) is 0.385. The molecule has 1 aromatic rings. The molecule has 88 valence electrons. The molecule has 0 aromatic heterocycles. The Morgan fingerprint density at radius 1 is 1.38 bits per heavy atom. The lowest BCUT2D eigenvalue weighted by Crippen LogP contribution is -2.26. The highest BCUT2D eigenvalue weighted by molar-refractivity contribution is 5.48. The first-order valence-corrected chi connectivity index (χ1v) is 5.43. The van der Waals surface area contributed by atoms with E-state index in [1.54, 1.807) is 13.0 Å². The Bertz CT molecular complexity index is 319. The average molecular weight is 221 g/mol. The monoisotopic (exact) mass is 221 g/mol. The van der Waals surface area contributed by atoms with Gasteiger partial charge in [-0.2, -0.15) is 0 Å². The number of rotatable bonds is 6. The van der Waals surface area contributed by atoms with Crippen LogP contribution in [0.15, 0.2) is 36.9 Å². The van der Waals surface area contributed by atoms with Crippen LogP contribution in [0.3, 0.4) is 0 Å². The molecule has 1 aromatic carbocycles. The second kappa shape index (κ2) is 6.30. The van der Waals surface area contributed by atoms with Crippen LogP contribution in [0, 0.1) is 0 Å². The summed E-state index contributed by atoms with van der Waals surface area (Å²) in [6.07, 6.45) is 1.36. The van der Waals surface area contributed by atoms with Crippen molar-refractivity contribution in [2.75, 3.05) is 24.6 Å². The minimum Gasteiger partial charge on any atom is -0.395 e. The van der Waals surface area contributed by atoms with Crippen molar-refractivity contribution in [3.63, 3.8) is 0 Å². The van der Waals surface area contributed by atoms with Crippen molar-refractivity contribution in [1.29, 1.82) is 0 Å². The molecule has 3 nitrogen and oxygen atoms in total. The highest BCUT2D eigenvalue weighted by atomic mass is 16.3. The number of nitrogens with zero attached hydrogens (tertiary/aromatic N) is 1. The van der Waals surface area contributed by atoms with Crippen LogP contribution in [-0.4, -0.2) is 29.9 Å². The van der Waals surface area contributed by atoms with Gasteiger partial charge in [0.15, 0.2) is 0 Å². The third-order valence-electron chi connectivity index (χ3n) is 2.46. The zero-order valence-corrected chi connectivity index (χ0v) is 9.63. The van der Waals surface area contributed by atoms with Gasteiger partial charge in [0.05, 0.1) is 12.7 Å². The highest BCUT2D eigenvalue weighted by Crippen LogP contribution is 2.18. The zero-order chi connectivity index (χ0) is 12.0. The molecule has 0 bridgehead atoms. The second-order valence-corrected chi connectivity index (χ2v) is 3.73. The second-order valence-electron chi connectivity index (χ2n) is 3.73. The minimum atomic E-state index is -0.445. The molecule has 0 aliphatic rings. The molecule has 0 heterocycles. The fourth-order valence-electron chi connectivity index (χ4n) is 1.57. The summed E-state index contributed by atoms with van der Waals surface area (Å²) in [5.41, 5.74) is 1.92. The van der Waals surface area contributed by atoms with Gasteiger partial charge >= 0.3 is 0 Å². The molecule has 16 heavy (non-hydrogen) atoms. The lowest BCUT2D eigenvalue weighted by molar-refractivity contribution is 0.199. The van der Waals surface area contributed by atoms with Gasteiger partial charge in [-0.15, -0.1) is 6.58 Å². The van der Waals surface area contributed by atoms with Crippen LogP contribution < -0.4 is 4.90 Å². The van der Waals surface area contributed by atoms with Crippen LogP contribution >= 0.6 is 0 Å². The van der Waals surface area contributed by atoms with Gasteiger partial charge in [-0.25, -0.2) is 0 Å². The molecule has 0 aliphatic carbocycles. The van der Waals surface area contributed by atoms with Crippen molar-refractivity contribution in [1.82, 2.24) is 0 Å². The van der Waals surface area contributed by atoms with Gasteiger partial charge < -0.3 is 15.1 Å². The molecular formula is C13H19NO2. The first-order valence-electron chi connectivity index (χ1n) is 5.43. The summed E-state index contributed by atoms with van der Waals surface area (Å²) in [6, 6.07) is 7.68. The van der Waals surface area contributed by atoms with Crippen molar-refractivity contribution in [2.45, 2.75) is 13.0 Å². The van der Waals surface area contributed by atoms with Gasteiger partial charge in [0.1, 0.15) is 0 Å². The van der Waals surface area contributed by atoms with Crippen molar-refractivity contribution in [3.8, 4) is 0 Å². The van der Waals surface area contributed by atoms with Gasteiger partial charge in [0.2, 0.25) is 0 Å². The number of hydrogen-bond donors (Lipinski definition) is 2. The van der Waals surface area contributed by atoms with E-state index in [1.807, 2.05) is 29.2 Å². The first kappa shape index (κ1) is 12.7. The van der Waals surface area contributed by atoms with Crippen LogP contribution in [0.5, 0.6) is 0 Å². The Morgan fingerprint density at radius 2 is 2.00 bits per heavy atom. The molecule has 0 unspecified atom stereocenters. The Morgan fingerprint density at radius 3 is 2.44 bits per heavy atom. The van der Waals surface area contributed by atoms with Crippen LogP contribution in [0.4, 0.5) is 5.69 Å². The largest absolute Gasteiger partial charge is 0.395 e. The van der Waals surface area contributed by atoms with E-state index in [-0.39, 0.29) is 6.61 Å². The van der Waals surface area contributed by atoms with E-state index < -0.39 is 6.10 Å². The smallest absolute Gasteiger partial charge is 0.0761 e. The predicted octanol–water partition coefficient (Wildman–Crippen LogP) is 1.72. The summed E-state index contributed by atoms with van der Waals surface area (Å²) < 4.78 is 0. The van der Waals surface area contributed by atoms with E-state index in [0.717, 1.165) is 11.3 Å². The average Bonchev–Trinajstić information content (AvgIpc) is 2.29. The van der Waals surface area contributed by atoms with E-state index in [4.69, 9.17) is 5.11 Å². The van der Waals surface area contributed by atoms with Crippen molar-refractivity contribution >= 4 is 5.69 Å². The Balaban J connectivity index is 2.80. The molecular weight excluding hydrogens is 202 g/mol. The van der Waals surface area contributed by atoms with E-state index in [1.165, 1.54) is 0 Å². The number of hydrogen-bond acceptors (Lipinski definition) is 3. The standard InChI is InChI=1S/C13H19NO2/c1-3-8-14(9-10-15)13-6-4-12(5-7-13)11(2)16/h3-7,11,15-16H,1,8-10H2,2H3/t11-/m0/s1. The molecule has 0 amide bonds. The van der Waals surface area contributed by atoms with Crippen LogP contribution in [0.1, 0.15) is 18.6 Å². The predicted molar refractivity (Wildman–Crippen MR) is 66.6 cm³/mol. The third kappa shape index (κ3) is 3.36. The quantitative estimate of drug-likeness (QED) is 0.719. The number of aliphatic hydroxyl groups excluding tert-OH is 2. The van der Waals surface area contributed by atoms with E-state index >= 15 is 0 Å². The molecule has 0 saturated heterocycles. The molecule has 1 rings (SSSR count). The Hall–Kier alpha value is -1.32. The van der Waals surface area contributed by atoms with Crippen molar-refractivity contribution in [2.24, 2.45) is 0 Å². The molecule has 0 aliphatic heterocycles. The summed E-state index contributed by atoms with van der Waals surface area (Å²) in [5, 5.41) is 18.3. The van der Waals surface area contributed by atoms with E-state index in [0.29, 0.717) is 13.1 Å². The van der Waals surface area contributed by atoms with Gasteiger partial charge in [0, 0.05) is 18.8 Å². The van der Waals surface area contributed by atoms with Gasteiger partial charge in [-0.1, -0.05) is 18.2 Å². The maximum atomic E-state index is 9.39. The van der Waals surface area contributed by atoms with Crippen LogP contribution in [0.25, 0.3) is 0 Å². The summed E-state index contributed by atoms with van der Waals surface area (Å²) in [7, 11) is 0. The molecule has 2 N–H and O–H groups in total. The zero-order valence-electron chi connectivity index (χ0n) is 9.63. The Labute approximate surface area is 96.6 Å². The van der Waals surface area contributed by atoms with E-state index in [2.05, 4.69) is 6.58 Å². The summed E-state index contributed by atoms with van der Waals surface area (Å²) in [5.74, 6) is 0. The normalized spacial score (nSPS) is 12.2. The molecule has 1 atom stereocenters.